The van der Waals surface area contributed by atoms with E-state index < -0.39 is 0 Å². The van der Waals surface area contributed by atoms with E-state index in [1.165, 1.54) is 12.1 Å². The normalized spacial score (nSPS) is 15.3. The molecule has 0 N–H and O–H groups in total. The van der Waals surface area contributed by atoms with Gasteiger partial charge in [0.15, 0.2) is 0 Å². The molecular formula is C14H18FNO3. The van der Waals surface area contributed by atoms with Gasteiger partial charge in [0.05, 0.1) is 19.8 Å². The third-order valence-corrected chi connectivity index (χ3v) is 2.98. The molecule has 1 fully saturated rings. The molecule has 0 spiro atoms. The predicted octanol–water partition coefficient (Wildman–Crippen LogP) is 1.84. The van der Waals surface area contributed by atoms with E-state index in [-0.39, 0.29) is 11.7 Å². The highest BCUT2D eigenvalue weighted by Crippen LogP contribution is 2.11. The average molecular weight is 267 g/mol. The van der Waals surface area contributed by atoms with E-state index in [0.29, 0.717) is 51.5 Å². The molecule has 104 valence electrons. The van der Waals surface area contributed by atoms with Gasteiger partial charge in [-0.2, -0.15) is 0 Å². The quantitative estimate of drug-likeness (QED) is 0.764. The molecule has 5 heteroatoms. The summed E-state index contributed by atoms with van der Waals surface area (Å²) >= 11 is 0. The molecule has 2 rings (SSSR count). The molecule has 1 aromatic rings. The Hall–Kier alpha value is -1.62. The van der Waals surface area contributed by atoms with Crippen LogP contribution in [-0.2, 0) is 9.53 Å². The molecule has 4 nitrogen and oxygen atoms in total. The highest BCUT2D eigenvalue weighted by Gasteiger charge is 2.15. The highest BCUT2D eigenvalue weighted by atomic mass is 19.1. The molecule has 0 radical (unpaired) electrons. The van der Waals surface area contributed by atoms with E-state index in [0.717, 1.165) is 0 Å². The summed E-state index contributed by atoms with van der Waals surface area (Å²) in [6.07, 6.45) is 1.13. The first-order chi connectivity index (χ1) is 9.25. The van der Waals surface area contributed by atoms with Crippen molar-refractivity contribution >= 4 is 5.91 Å². The number of morpholine rings is 1. The second kappa shape index (κ2) is 7.09. The zero-order valence-corrected chi connectivity index (χ0v) is 10.8. The predicted molar refractivity (Wildman–Crippen MR) is 68.5 cm³/mol. The number of halogens is 1. The van der Waals surface area contributed by atoms with Gasteiger partial charge in [-0.25, -0.2) is 4.39 Å². The first-order valence-electron chi connectivity index (χ1n) is 6.49. The Morgan fingerprint density at radius 3 is 2.63 bits per heavy atom. The number of amides is 1. The van der Waals surface area contributed by atoms with Gasteiger partial charge in [0, 0.05) is 19.5 Å². The molecule has 0 unspecified atom stereocenters. The van der Waals surface area contributed by atoms with Crippen molar-refractivity contribution in [3.8, 4) is 5.75 Å². The van der Waals surface area contributed by atoms with Crippen LogP contribution in [0.4, 0.5) is 4.39 Å². The summed E-state index contributed by atoms with van der Waals surface area (Å²) in [5.41, 5.74) is 0. The Morgan fingerprint density at radius 2 is 1.95 bits per heavy atom. The molecule has 1 amide bonds. The topological polar surface area (TPSA) is 38.8 Å². The van der Waals surface area contributed by atoms with Crippen LogP contribution in [0.15, 0.2) is 24.3 Å². The van der Waals surface area contributed by atoms with E-state index in [9.17, 15) is 9.18 Å². The SMILES string of the molecule is O=C(CCCOc1ccc(F)cc1)N1CCOCC1. The molecule has 19 heavy (non-hydrogen) atoms. The van der Waals surface area contributed by atoms with Crippen LogP contribution in [0.25, 0.3) is 0 Å². The van der Waals surface area contributed by atoms with E-state index in [1.54, 1.807) is 12.1 Å². The summed E-state index contributed by atoms with van der Waals surface area (Å²) in [5, 5.41) is 0. The number of carbonyl (C=O) groups excluding carboxylic acids is 1. The Balaban J connectivity index is 1.63. The van der Waals surface area contributed by atoms with E-state index in [1.807, 2.05) is 4.90 Å². The third-order valence-electron chi connectivity index (χ3n) is 2.98. The van der Waals surface area contributed by atoms with Gasteiger partial charge in [-0.05, 0) is 30.7 Å². The molecular weight excluding hydrogens is 249 g/mol. The van der Waals surface area contributed by atoms with Crippen molar-refractivity contribution in [3.63, 3.8) is 0 Å². The standard InChI is InChI=1S/C14H18FNO3/c15-12-3-5-13(6-4-12)19-9-1-2-14(17)16-7-10-18-11-8-16/h3-6H,1-2,7-11H2. The Morgan fingerprint density at radius 1 is 1.26 bits per heavy atom. The zero-order valence-electron chi connectivity index (χ0n) is 10.8. The second-order valence-electron chi connectivity index (χ2n) is 4.40. The molecule has 1 aliphatic rings. The first kappa shape index (κ1) is 13.8. The summed E-state index contributed by atoms with van der Waals surface area (Å²) in [6.45, 7) is 3.06. The van der Waals surface area contributed by atoms with Crippen LogP contribution in [0.2, 0.25) is 0 Å². The van der Waals surface area contributed by atoms with E-state index >= 15 is 0 Å². The number of benzene rings is 1. The van der Waals surface area contributed by atoms with Crippen LogP contribution in [0.3, 0.4) is 0 Å². The number of hydrogen-bond acceptors (Lipinski definition) is 3. The summed E-state index contributed by atoms with van der Waals surface area (Å²) in [5.74, 6) is 0.487. The molecule has 0 saturated carbocycles. The van der Waals surface area contributed by atoms with Crippen LogP contribution in [0, 0.1) is 5.82 Å². The number of ether oxygens (including phenoxy) is 2. The molecule has 1 saturated heterocycles. The number of hydrogen-bond donors (Lipinski definition) is 0. The second-order valence-corrected chi connectivity index (χ2v) is 4.40. The van der Waals surface area contributed by atoms with Gasteiger partial charge in [0.2, 0.25) is 5.91 Å². The van der Waals surface area contributed by atoms with Crippen molar-refractivity contribution in [2.75, 3.05) is 32.9 Å². The van der Waals surface area contributed by atoms with Crippen molar-refractivity contribution < 1.29 is 18.7 Å². The van der Waals surface area contributed by atoms with Crippen LogP contribution < -0.4 is 4.74 Å². The summed E-state index contributed by atoms with van der Waals surface area (Å²) in [7, 11) is 0. The number of carbonyl (C=O) groups is 1. The van der Waals surface area contributed by atoms with E-state index in [4.69, 9.17) is 9.47 Å². The molecule has 0 atom stereocenters. The smallest absolute Gasteiger partial charge is 0.222 e. The minimum absolute atomic E-state index is 0.144. The van der Waals surface area contributed by atoms with Gasteiger partial charge in [0.1, 0.15) is 11.6 Å². The number of nitrogens with zero attached hydrogens (tertiary/aromatic N) is 1. The zero-order chi connectivity index (χ0) is 13.5. The Labute approximate surface area is 112 Å². The molecule has 0 aromatic heterocycles. The lowest BCUT2D eigenvalue weighted by Crippen LogP contribution is -2.40. The molecule has 1 aromatic carbocycles. The van der Waals surface area contributed by atoms with Gasteiger partial charge >= 0.3 is 0 Å². The third kappa shape index (κ3) is 4.52. The molecule has 0 bridgehead atoms. The molecule has 1 heterocycles. The van der Waals surface area contributed by atoms with Gasteiger partial charge < -0.3 is 14.4 Å². The summed E-state index contributed by atoms with van der Waals surface area (Å²) in [6, 6.07) is 5.88. The summed E-state index contributed by atoms with van der Waals surface area (Å²) < 4.78 is 23.3. The monoisotopic (exact) mass is 267 g/mol. The maximum Gasteiger partial charge on any atom is 0.222 e. The van der Waals surface area contributed by atoms with Gasteiger partial charge in [-0.1, -0.05) is 0 Å². The first-order valence-corrected chi connectivity index (χ1v) is 6.49. The molecule has 0 aliphatic carbocycles. The fraction of sp³-hybridized carbons (Fsp3) is 0.500. The lowest BCUT2D eigenvalue weighted by Gasteiger charge is -2.26. The Kier molecular flexibility index (Phi) is 5.15. The van der Waals surface area contributed by atoms with Crippen molar-refractivity contribution in [3.05, 3.63) is 30.1 Å². The maximum absolute atomic E-state index is 12.7. The van der Waals surface area contributed by atoms with Gasteiger partial charge in [-0.3, -0.25) is 4.79 Å². The lowest BCUT2D eigenvalue weighted by atomic mass is 10.2. The largest absolute Gasteiger partial charge is 0.494 e. The fourth-order valence-electron chi connectivity index (χ4n) is 1.92. The van der Waals surface area contributed by atoms with Crippen molar-refractivity contribution in [1.82, 2.24) is 4.90 Å². The number of rotatable bonds is 5. The van der Waals surface area contributed by atoms with Crippen LogP contribution in [0.1, 0.15) is 12.8 Å². The van der Waals surface area contributed by atoms with Crippen molar-refractivity contribution in [2.45, 2.75) is 12.8 Å². The summed E-state index contributed by atoms with van der Waals surface area (Å²) in [4.78, 5) is 13.6. The van der Waals surface area contributed by atoms with Crippen molar-refractivity contribution in [2.24, 2.45) is 0 Å². The minimum atomic E-state index is -0.283. The fourth-order valence-corrected chi connectivity index (χ4v) is 1.92. The van der Waals surface area contributed by atoms with Crippen LogP contribution in [-0.4, -0.2) is 43.7 Å². The maximum atomic E-state index is 12.7. The molecule has 1 aliphatic heterocycles. The van der Waals surface area contributed by atoms with Crippen molar-refractivity contribution in [1.29, 1.82) is 0 Å². The van der Waals surface area contributed by atoms with Crippen LogP contribution in [0.5, 0.6) is 5.75 Å². The minimum Gasteiger partial charge on any atom is -0.494 e. The lowest BCUT2D eigenvalue weighted by molar-refractivity contribution is -0.135. The van der Waals surface area contributed by atoms with Crippen LogP contribution >= 0.6 is 0 Å². The van der Waals surface area contributed by atoms with E-state index in [2.05, 4.69) is 0 Å². The van der Waals surface area contributed by atoms with Gasteiger partial charge in [-0.15, -0.1) is 0 Å². The highest BCUT2D eigenvalue weighted by molar-refractivity contribution is 5.76. The average Bonchev–Trinajstić information content (AvgIpc) is 2.46. The Bertz CT molecular complexity index is 402. The van der Waals surface area contributed by atoms with Gasteiger partial charge in [0.25, 0.3) is 0 Å².